The Hall–Kier alpha value is -2.55. The number of benzene rings is 2. The summed E-state index contributed by atoms with van der Waals surface area (Å²) in [7, 11) is 0. The molecule has 0 bridgehead atoms. The second-order valence-corrected chi connectivity index (χ2v) is 5.77. The molecule has 0 aliphatic carbocycles. The Bertz CT molecular complexity index is 827. The minimum absolute atomic E-state index is 0.0160. The van der Waals surface area contributed by atoms with Crippen LogP contribution in [0.15, 0.2) is 36.4 Å². The van der Waals surface area contributed by atoms with E-state index in [9.17, 15) is 29.8 Å². The standard InChI is InChI=1S/C8H6ClNO3.C7H3Cl2NO3/c1-5(11)6-3-2-4-7(9)8(6)10(12)13;8-5-3-1-2-4(7(9)11)6(5)10(12)13/h2-4H,1H3;1-3H. The van der Waals surface area contributed by atoms with E-state index in [2.05, 4.69) is 0 Å². The first kappa shape index (κ1) is 21.5. The van der Waals surface area contributed by atoms with Gasteiger partial charge in [0, 0.05) is 0 Å². The molecule has 0 unspecified atom stereocenters. The fourth-order valence-electron chi connectivity index (χ4n) is 1.84. The van der Waals surface area contributed by atoms with Gasteiger partial charge in [-0.05, 0) is 42.8 Å². The van der Waals surface area contributed by atoms with Crippen LogP contribution in [0.4, 0.5) is 11.4 Å². The van der Waals surface area contributed by atoms with E-state index < -0.39 is 20.8 Å². The summed E-state index contributed by atoms with van der Waals surface area (Å²) in [6.45, 7) is 1.26. The number of rotatable bonds is 4. The summed E-state index contributed by atoms with van der Waals surface area (Å²) in [6.07, 6.45) is 0. The second-order valence-electron chi connectivity index (χ2n) is 4.62. The molecule has 0 amide bonds. The Labute approximate surface area is 161 Å². The lowest BCUT2D eigenvalue weighted by Crippen LogP contribution is -2.00. The number of Topliss-reactive ketones (excluding diaryl/α,β-unsaturated/α-hetero) is 1. The van der Waals surface area contributed by atoms with E-state index in [1.165, 1.54) is 43.3 Å². The molecule has 136 valence electrons. The number of carbonyl (C=O) groups is 2. The minimum Gasteiger partial charge on any atom is -0.294 e. The third-order valence-corrected chi connectivity index (χ3v) is 3.74. The van der Waals surface area contributed by atoms with Gasteiger partial charge in [-0.25, -0.2) is 0 Å². The van der Waals surface area contributed by atoms with Crippen LogP contribution in [-0.2, 0) is 0 Å². The summed E-state index contributed by atoms with van der Waals surface area (Å²) < 4.78 is 0. The first-order chi connectivity index (χ1) is 12.1. The van der Waals surface area contributed by atoms with Crippen molar-refractivity contribution in [2.45, 2.75) is 6.92 Å². The molecule has 0 spiro atoms. The molecule has 0 saturated heterocycles. The van der Waals surface area contributed by atoms with Crippen molar-refractivity contribution in [2.75, 3.05) is 0 Å². The molecule has 2 rings (SSSR count). The van der Waals surface area contributed by atoms with Crippen LogP contribution in [0.5, 0.6) is 0 Å². The van der Waals surface area contributed by atoms with Crippen LogP contribution in [0.3, 0.4) is 0 Å². The van der Waals surface area contributed by atoms with E-state index in [0.29, 0.717) is 0 Å². The number of hydrogen-bond donors (Lipinski definition) is 0. The molecule has 0 saturated carbocycles. The Morgan fingerprint density at radius 1 is 0.846 bits per heavy atom. The largest absolute Gasteiger partial charge is 0.299 e. The summed E-state index contributed by atoms with van der Waals surface area (Å²) in [5.74, 6) is -0.366. The van der Waals surface area contributed by atoms with Crippen molar-refractivity contribution in [3.05, 3.63) is 77.8 Å². The predicted molar refractivity (Wildman–Crippen MR) is 96.4 cm³/mol. The van der Waals surface area contributed by atoms with Crippen molar-refractivity contribution in [1.29, 1.82) is 0 Å². The lowest BCUT2D eigenvalue weighted by molar-refractivity contribution is -0.385. The van der Waals surface area contributed by atoms with E-state index in [1.54, 1.807) is 0 Å². The van der Waals surface area contributed by atoms with E-state index in [1.807, 2.05) is 0 Å². The van der Waals surface area contributed by atoms with Gasteiger partial charge in [-0.15, -0.1) is 0 Å². The number of nitro groups is 2. The average Bonchev–Trinajstić information content (AvgIpc) is 2.54. The molecule has 0 fully saturated rings. The summed E-state index contributed by atoms with van der Waals surface area (Å²) in [4.78, 5) is 41.3. The number of ketones is 1. The van der Waals surface area contributed by atoms with Crippen molar-refractivity contribution in [3.8, 4) is 0 Å². The molecule has 2 aromatic rings. The first-order valence-corrected chi connectivity index (χ1v) is 7.77. The molecule has 0 aliphatic heterocycles. The van der Waals surface area contributed by atoms with Crippen LogP contribution in [-0.4, -0.2) is 20.9 Å². The maximum Gasteiger partial charge on any atom is 0.299 e. The van der Waals surface area contributed by atoms with Crippen LogP contribution >= 0.6 is 34.8 Å². The zero-order valence-electron chi connectivity index (χ0n) is 12.9. The molecular formula is C15H9Cl3N2O6. The van der Waals surface area contributed by atoms with Gasteiger partial charge in [-0.2, -0.15) is 0 Å². The Morgan fingerprint density at radius 2 is 1.23 bits per heavy atom. The molecule has 0 atom stereocenters. The summed E-state index contributed by atoms with van der Waals surface area (Å²) in [6, 6.07) is 8.26. The van der Waals surface area contributed by atoms with Gasteiger partial charge < -0.3 is 0 Å². The van der Waals surface area contributed by atoms with Crippen LogP contribution in [0.1, 0.15) is 27.6 Å². The number of carbonyl (C=O) groups excluding carboxylic acids is 2. The lowest BCUT2D eigenvalue weighted by atomic mass is 10.1. The van der Waals surface area contributed by atoms with Gasteiger partial charge in [0.1, 0.15) is 15.6 Å². The van der Waals surface area contributed by atoms with Crippen molar-refractivity contribution in [1.82, 2.24) is 0 Å². The monoisotopic (exact) mass is 418 g/mol. The Kier molecular flexibility index (Phi) is 7.63. The molecule has 26 heavy (non-hydrogen) atoms. The maximum atomic E-state index is 11.0. The second kappa shape index (κ2) is 9.23. The van der Waals surface area contributed by atoms with Crippen LogP contribution in [0.25, 0.3) is 0 Å². The van der Waals surface area contributed by atoms with Gasteiger partial charge in [0.05, 0.1) is 15.4 Å². The third kappa shape index (κ3) is 5.22. The van der Waals surface area contributed by atoms with Crippen LogP contribution in [0.2, 0.25) is 10.0 Å². The summed E-state index contributed by atoms with van der Waals surface area (Å²) in [5, 5.41) is 20.0. The normalized spacial score (nSPS) is 9.69. The highest BCUT2D eigenvalue weighted by Gasteiger charge is 2.22. The van der Waals surface area contributed by atoms with Crippen LogP contribution < -0.4 is 0 Å². The molecule has 0 radical (unpaired) electrons. The number of halogens is 3. The van der Waals surface area contributed by atoms with Gasteiger partial charge in [0.15, 0.2) is 5.78 Å². The zero-order valence-corrected chi connectivity index (χ0v) is 15.2. The van der Waals surface area contributed by atoms with E-state index >= 15 is 0 Å². The zero-order chi connectivity index (χ0) is 20.0. The summed E-state index contributed by atoms with van der Waals surface area (Å²) in [5.41, 5.74) is -0.933. The van der Waals surface area contributed by atoms with E-state index in [0.717, 1.165) is 0 Å². The van der Waals surface area contributed by atoms with Gasteiger partial charge in [0.2, 0.25) is 0 Å². The fourth-order valence-corrected chi connectivity index (χ4v) is 2.48. The molecule has 0 aromatic heterocycles. The van der Waals surface area contributed by atoms with Gasteiger partial charge in [-0.3, -0.25) is 29.8 Å². The molecule has 11 heteroatoms. The Balaban J connectivity index is 0.000000260. The summed E-state index contributed by atoms with van der Waals surface area (Å²) >= 11 is 16.2. The molecule has 2 aromatic carbocycles. The van der Waals surface area contributed by atoms with Crippen molar-refractivity contribution < 1.29 is 19.4 Å². The Morgan fingerprint density at radius 3 is 1.50 bits per heavy atom. The van der Waals surface area contributed by atoms with Gasteiger partial charge in [0.25, 0.3) is 16.6 Å². The molecule has 0 N–H and O–H groups in total. The fraction of sp³-hybridized carbons (Fsp3) is 0.0667. The SMILES string of the molecule is CC(=O)c1cccc(Cl)c1[N+](=O)[O-].O=C(Cl)c1cccc(Cl)c1[N+](=O)[O-]. The smallest absolute Gasteiger partial charge is 0.294 e. The van der Waals surface area contributed by atoms with E-state index in [-0.39, 0.29) is 32.6 Å². The highest BCUT2D eigenvalue weighted by atomic mass is 35.5. The van der Waals surface area contributed by atoms with E-state index in [4.69, 9.17) is 34.8 Å². The highest BCUT2D eigenvalue weighted by molar-refractivity contribution is 6.68. The van der Waals surface area contributed by atoms with Crippen LogP contribution in [0, 0.1) is 20.2 Å². The topological polar surface area (TPSA) is 120 Å². The average molecular weight is 420 g/mol. The molecule has 0 heterocycles. The number of hydrogen-bond acceptors (Lipinski definition) is 6. The number of nitrogens with zero attached hydrogens (tertiary/aromatic N) is 2. The number of nitro benzene ring substituents is 2. The predicted octanol–water partition coefficient (Wildman–Crippen LogP) is 5.08. The highest BCUT2D eigenvalue weighted by Crippen LogP contribution is 2.29. The quantitative estimate of drug-likeness (QED) is 0.295. The maximum absolute atomic E-state index is 11.0. The molecule has 0 aliphatic rings. The van der Waals surface area contributed by atoms with Gasteiger partial charge in [-0.1, -0.05) is 35.3 Å². The number of para-hydroxylation sites is 2. The van der Waals surface area contributed by atoms with Crippen molar-refractivity contribution in [3.63, 3.8) is 0 Å². The minimum atomic E-state index is -0.894. The first-order valence-electron chi connectivity index (χ1n) is 6.64. The van der Waals surface area contributed by atoms with Gasteiger partial charge >= 0.3 is 0 Å². The molecule has 8 nitrogen and oxygen atoms in total. The van der Waals surface area contributed by atoms with Crippen molar-refractivity contribution >= 4 is 57.2 Å². The lowest BCUT2D eigenvalue weighted by Gasteiger charge is -1.99. The molecular weight excluding hydrogens is 411 g/mol. The van der Waals surface area contributed by atoms with Crippen molar-refractivity contribution in [2.24, 2.45) is 0 Å². The third-order valence-electron chi connectivity index (χ3n) is 2.93.